The van der Waals surface area contributed by atoms with Crippen LogP contribution in [0.4, 0.5) is 0 Å². The Morgan fingerprint density at radius 2 is 1.81 bits per heavy atom. The minimum Gasteiger partial charge on any atom is -0.480 e. The largest absolute Gasteiger partial charge is 0.480 e. The summed E-state index contributed by atoms with van der Waals surface area (Å²) < 4.78 is 0. The molecule has 0 aliphatic carbocycles. The van der Waals surface area contributed by atoms with Crippen molar-refractivity contribution in [1.82, 2.24) is 15.5 Å². The van der Waals surface area contributed by atoms with Crippen molar-refractivity contribution < 1.29 is 29.1 Å². The second kappa shape index (κ2) is 12.8. The van der Waals surface area contributed by atoms with E-state index in [1.54, 1.807) is 0 Å². The first kappa shape index (κ1) is 26.3. The lowest BCUT2D eigenvalue weighted by Crippen LogP contribution is -2.56. The van der Waals surface area contributed by atoms with E-state index in [9.17, 15) is 24.0 Å². The van der Waals surface area contributed by atoms with Crippen LogP contribution in [0.25, 0.3) is 0 Å². The van der Waals surface area contributed by atoms with Crippen molar-refractivity contribution in [2.24, 2.45) is 17.2 Å². The maximum atomic E-state index is 12.9. The van der Waals surface area contributed by atoms with Gasteiger partial charge in [-0.1, -0.05) is 0 Å². The van der Waals surface area contributed by atoms with Gasteiger partial charge in [-0.05, 0) is 52.0 Å². The van der Waals surface area contributed by atoms with Crippen LogP contribution in [0.3, 0.4) is 0 Å². The summed E-state index contributed by atoms with van der Waals surface area (Å²) >= 11 is 0. The van der Waals surface area contributed by atoms with Crippen LogP contribution in [0, 0.1) is 0 Å². The first-order chi connectivity index (χ1) is 14.6. The lowest BCUT2D eigenvalue weighted by Gasteiger charge is -2.28. The van der Waals surface area contributed by atoms with Crippen molar-refractivity contribution in [3.8, 4) is 0 Å². The van der Waals surface area contributed by atoms with Gasteiger partial charge in [-0.2, -0.15) is 0 Å². The highest BCUT2D eigenvalue weighted by atomic mass is 16.4. The number of unbranched alkanes of at least 4 members (excludes halogenated alkanes) is 1. The van der Waals surface area contributed by atoms with E-state index in [-0.39, 0.29) is 19.3 Å². The van der Waals surface area contributed by atoms with Gasteiger partial charge in [-0.15, -0.1) is 0 Å². The molecule has 9 N–H and O–H groups in total. The topological polar surface area (TPSA) is 211 Å². The number of hydrogen-bond donors (Lipinski definition) is 6. The number of carbonyl (C=O) groups is 5. The minimum atomic E-state index is -1.20. The molecule has 12 nitrogen and oxygen atoms in total. The van der Waals surface area contributed by atoms with Crippen molar-refractivity contribution in [1.29, 1.82) is 0 Å². The fourth-order valence-electron chi connectivity index (χ4n) is 3.34. The van der Waals surface area contributed by atoms with Gasteiger partial charge < -0.3 is 37.8 Å². The number of carboxylic acids is 1. The molecule has 4 unspecified atom stereocenters. The quantitative estimate of drug-likeness (QED) is 0.171. The smallest absolute Gasteiger partial charge is 0.325 e. The Morgan fingerprint density at radius 1 is 1.13 bits per heavy atom. The van der Waals surface area contributed by atoms with Gasteiger partial charge in [0.2, 0.25) is 23.6 Å². The van der Waals surface area contributed by atoms with Gasteiger partial charge in [0, 0.05) is 13.0 Å². The number of primary amides is 1. The lowest BCUT2D eigenvalue weighted by molar-refractivity contribution is -0.142. The van der Waals surface area contributed by atoms with Crippen LogP contribution in [0.5, 0.6) is 0 Å². The van der Waals surface area contributed by atoms with Crippen molar-refractivity contribution >= 4 is 29.6 Å². The molecule has 0 bridgehead atoms. The molecule has 4 atom stereocenters. The highest BCUT2D eigenvalue weighted by Crippen LogP contribution is 2.19. The van der Waals surface area contributed by atoms with Gasteiger partial charge in [0.15, 0.2) is 0 Å². The van der Waals surface area contributed by atoms with E-state index in [1.165, 1.54) is 11.8 Å². The Hall–Kier alpha value is -2.73. The summed E-state index contributed by atoms with van der Waals surface area (Å²) in [5.74, 6) is -3.35. The van der Waals surface area contributed by atoms with E-state index in [2.05, 4.69) is 10.6 Å². The molecule has 176 valence electrons. The second-order valence-electron chi connectivity index (χ2n) is 7.72. The van der Waals surface area contributed by atoms with Crippen molar-refractivity contribution in [2.75, 3.05) is 13.1 Å². The maximum Gasteiger partial charge on any atom is 0.325 e. The standard InChI is InChI=1S/C19H34N6O6/c1-11(19(30)31)23-16(27)13(5-2-3-9-20)24-17(28)14-6-4-10-25(14)18(29)12(21)7-8-15(22)26/h11-14H,2-10,20-21H2,1H3,(H2,22,26)(H,23,27)(H,24,28)(H,30,31). The summed E-state index contributed by atoms with van der Waals surface area (Å²) in [5, 5.41) is 14.0. The van der Waals surface area contributed by atoms with Crippen LogP contribution in [-0.2, 0) is 24.0 Å². The number of likely N-dealkylation sites (tertiary alicyclic amines) is 1. The molecular weight excluding hydrogens is 408 g/mol. The number of amides is 4. The molecule has 1 heterocycles. The molecule has 0 spiro atoms. The number of nitrogens with two attached hydrogens (primary N) is 3. The minimum absolute atomic E-state index is 0.0389. The van der Waals surface area contributed by atoms with Gasteiger partial charge >= 0.3 is 5.97 Å². The molecule has 1 aliphatic heterocycles. The number of nitrogens with zero attached hydrogens (tertiary/aromatic N) is 1. The third-order valence-electron chi connectivity index (χ3n) is 5.17. The average Bonchev–Trinajstić information content (AvgIpc) is 3.20. The number of hydrogen-bond acceptors (Lipinski definition) is 7. The Bertz CT molecular complexity index is 672. The average molecular weight is 443 g/mol. The van der Waals surface area contributed by atoms with Crippen LogP contribution < -0.4 is 27.8 Å². The molecule has 0 aromatic carbocycles. The van der Waals surface area contributed by atoms with Crippen LogP contribution >= 0.6 is 0 Å². The highest BCUT2D eigenvalue weighted by Gasteiger charge is 2.37. The van der Waals surface area contributed by atoms with E-state index in [0.29, 0.717) is 38.8 Å². The molecule has 0 aromatic heterocycles. The van der Waals surface area contributed by atoms with Crippen LogP contribution in [0.15, 0.2) is 0 Å². The van der Waals surface area contributed by atoms with Crippen molar-refractivity contribution in [3.05, 3.63) is 0 Å². The number of nitrogens with one attached hydrogen (secondary N) is 2. The Kier molecular flexibility index (Phi) is 10.9. The molecule has 0 aromatic rings. The van der Waals surface area contributed by atoms with Gasteiger partial charge in [-0.25, -0.2) is 0 Å². The summed E-state index contributed by atoms with van der Waals surface area (Å²) in [4.78, 5) is 61.3. The van der Waals surface area contributed by atoms with E-state index < -0.39 is 53.8 Å². The molecule has 1 saturated heterocycles. The summed E-state index contributed by atoms with van der Waals surface area (Å²) in [5.41, 5.74) is 16.4. The Labute approximate surface area is 181 Å². The number of aliphatic carboxylic acids is 1. The summed E-state index contributed by atoms with van der Waals surface area (Å²) in [6.07, 6.45) is 2.51. The normalized spacial score (nSPS) is 18.7. The number of carbonyl (C=O) groups excluding carboxylic acids is 4. The predicted molar refractivity (Wildman–Crippen MR) is 111 cm³/mol. The third kappa shape index (κ3) is 8.50. The van der Waals surface area contributed by atoms with Crippen LogP contribution in [0.2, 0.25) is 0 Å². The zero-order chi connectivity index (χ0) is 23.6. The molecule has 1 fully saturated rings. The zero-order valence-electron chi connectivity index (χ0n) is 17.8. The summed E-state index contributed by atoms with van der Waals surface area (Å²) in [7, 11) is 0. The van der Waals surface area contributed by atoms with Gasteiger partial charge in [0.1, 0.15) is 18.1 Å². The van der Waals surface area contributed by atoms with Gasteiger partial charge in [0.25, 0.3) is 0 Å². The molecule has 1 rings (SSSR count). The molecule has 0 radical (unpaired) electrons. The fourth-order valence-corrected chi connectivity index (χ4v) is 3.34. The van der Waals surface area contributed by atoms with Crippen molar-refractivity contribution in [3.63, 3.8) is 0 Å². The molecule has 1 aliphatic rings. The van der Waals surface area contributed by atoms with E-state index in [0.717, 1.165) is 0 Å². The SMILES string of the molecule is CC(NC(=O)C(CCCCN)NC(=O)C1CCCN1C(=O)C(N)CCC(N)=O)C(=O)O. The lowest BCUT2D eigenvalue weighted by atomic mass is 10.1. The van der Waals surface area contributed by atoms with Gasteiger partial charge in [0.05, 0.1) is 6.04 Å². The van der Waals surface area contributed by atoms with E-state index >= 15 is 0 Å². The summed E-state index contributed by atoms with van der Waals surface area (Å²) in [6, 6.07) is -3.83. The molecule has 31 heavy (non-hydrogen) atoms. The molecule has 12 heteroatoms. The highest BCUT2D eigenvalue weighted by molar-refractivity contribution is 5.94. The molecule has 0 saturated carbocycles. The van der Waals surface area contributed by atoms with Crippen LogP contribution in [-0.4, -0.2) is 76.9 Å². The van der Waals surface area contributed by atoms with Gasteiger partial charge in [-0.3, -0.25) is 24.0 Å². The van der Waals surface area contributed by atoms with E-state index in [1.807, 2.05) is 0 Å². The first-order valence-corrected chi connectivity index (χ1v) is 10.5. The molecule has 4 amide bonds. The van der Waals surface area contributed by atoms with E-state index in [4.69, 9.17) is 22.3 Å². The third-order valence-corrected chi connectivity index (χ3v) is 5.17. The predicted octanol–water partition coefficient (Wildman–Crippen LogP) is -2.23. The second-order valence-corrected chi connectivity index (χ2v) is 7.72. The maximum absolute atomic E-state index is 12.9. The first-order valence-electron chi connectivity index (χ1n) is 10.5. The fraction of sp³-hybridized carbons (Fsp3) is 0.737. The van der Waals surface area contributed by atoms with Crippen LogP contribution in [0.1, 0.15) is 51.9 Å². The van der Waals surface area contributed by atoms with Crippen molar-refractivity contribution in [2.45, 2.75) is 76.0 Å². The Morgan fingerprint density at radius 3 is 2.39 bits per heavy atom. The number of rotatable bonds is 13. The number of carboxylic acid groups (broad SMARTS) is 1. The monoisotopic (exact) mass is 442 g/mol. The summed E-state index contributed by atoms with van der Waals surface area (Å²) in [6.45, 7) is 2.08. The molecular formula is C19H34N6O6. The Balaban J connectivity index is 2.82. The zero-order valence-corrected chi connectivity index (χ0v) is 17.8.